The highest BCUT2D eigenvalue weighted by Gasteiger charge is 2.20. The number of ether oxygens (including phenoxy) is 2. The maximum atomic E-state index is 11.9. The third kappa shape index (κ3) is 2.26. The van der Waals surface area contributed by atoms with Gasteiger partial charge in [-0.2, -0.15) is 0 Å². The van der Waals surface area contributed by atoms with E-state index in [0.717, 1.165) is 5.69 Å². The molecule has 1 aliphatic rings. The van der Waals surface area contributed by atoms with Gasteiger partial charge in [0.15, 0.2) is 11.5 Å². The van der Waals surface area contributed by atoms with Crippen LogP contribution < -0.4 is 15.0 Å². The summed E-state index contributed by atoms with van der Waals surface area (Å²) in [7, 11) is 0. The molecule has 1 aliphatic heterocycles. The number of fused-ring (bicyclic) bond motifs is 1. The number of nitrogens with zero attached hydrogens (tertiary/aromatic N) is 1. The summed E-state index contributed by atoms with van der Waals surface area (Å²) < 4.78 is 11.2. The van der Waals surface area contributed by atoms with Crippen molar-refractivity contribution in [3.8, 4) is 22.9 Å². The molecule has 5 nitrogen and oxygen atoms in total. The number of aromatic amines is 1. The fourth-order valence-electron chi connectivity index (χ4n) is 1.98. The number of benzene rings is 1. The topological polar surface area (TPSA) is 64.2 Å². The van der Waals surface area contributed by atoms with E-state index < -0.39 is 0 Å². The summed E-state index contributed by atoms with van der Waals surface area (Å²) in [4.78, 5) is 19.1. The molecule has 0 saturated carbocycles. The molecule has 1 aromatic heterocycles. The Kier molecular flexibility index (Phi) is 3.59. The molecular weight excluding hydrogens is 395 g/mol. The van der Waals surface area contributed by atoms with Gasteiger partial charge in [0.05, 0.1) is 14.3 Å². The SMILES string of the molecule is CCc1nc(-c2cc(Cl)c3c(c2)OCO3)[nH]c(=O)c1I. The van der Waals surface area contributed by atoms with Crippen LogP contribution >= 0.6 is 34.2 Å². The average Bonchev–Trinajstić information content (AvgIpc) is 2.90. The van der Waals surface area contributed by atoms with Crippen molar-refractivity contribution in [3.05, 3.63) is 36.8 Å². The molecule has 104 valence electrons. The van der Waals surface area contributed by atoms with Crippen molar-refractivity contribution in [3.63, 3.8) is 0 Å². The number of hydrogen-bond donors (Lipinski definition) is 1. The van der Waals surface area contributed by atoms with Crippen molar-refractivity contribution in [2.45, 2.75) is 13.3 Å². The molecule has 0 unspecified atom stereocenters. The quantitative estimate of drug-likeness (QED) is 0.782. The van der Waals surface area contributed by atoms with E-state index in [2.05, 4.69) is 9.97 Å². The smallest absolute Gasteiger partial charge is 0.264 e. The number of nitrogens with one attached hydrogen (secondary N) is 1. The average molecular weight is 405 g/mol. The van der Waals surface area contributed by atoms with Gasteiger partial charge in [-0.15, -0.1) is 0 Å². The number of hydrogen-bond acceptors (Lipinski definition) is 4. The summed E-state index contributed by atoms with van der Waals surface area (Å²) >= 11 is 8.14. The van der Waals surface area contributed by atoms with Gasteiger partial charge in [-0.3, -0.25) is 4.79 Å². The largest absolute Gasteiger partial charge is 0.454 e. The number of rotatable bonds is 2. The molecule has 3 rings (SSSR count). The lowest BCUT2D eigenvalue weighted by Gasteiger charge is -2.07. The summed E-state index contributed by atoms with van der Waals surface area (Å²) in [5.41, 5.74) is 1.31. The van der Waals surface area contributed by atoms with E-state index in [9.17, 15) is 4.79 Å². The van der Waals surface area contributed by atoms with Crippen LogP contribution in [0.2, 0.25) is 5.02 Å². The molecule has 7 heteroatoms. The van der Waals surface area contributed by atoms with Gasteiger partial charge in [-0.1, -0.05) is 18.5 Å². The van der Waals surface area contributed by atoms with Crippen molar-refractivity contribution in [1.29, 1.82) is 0 Å². The fourth-order valence-corrected chi connectivity index (χ4v) is 2.88. The number of aryl methyl sites for hydroxylation is 1. The van der Waals surface area contributed by atoms with E-state index >= 15 is 0 Å². The van der Waals surface area contributed by atoms with Gasteiger partial charge in [0.2, 0.25) is 6.79 Å². The van der Waals surface area contributed by atoms with Crippen molar-refractivity contribution < 1.29 is 9.47 Å². The molecule has 0 spiro atoms. The van der Waals surface area contributed by atoms with Gasteiger partial charge in [0, 0.05) is 5.56 Å². The summed E-state index contributed by atoms with van der Waals surface area (Å²) in [5.74, 6) is 1.57. The minimum Gasteiger partial charge on any atom is -0.454 e. The van der Waals surface area contributed by atoms with Gasteiger partial charge in [-0.25, -0.2) is 4.98 Å². The Morgan fingerprint density at radius 2 is 2.25 bits per heavy atom. The number of halogens is 2. The maximum Gasteiger partial charge on any atom is 0.264 e. The minimum absolute atomic E-state index is 0.148. The van der Waals surface area contributed by atoms with E-state index in [-0.39, 0.29) is 12.4 Å². The Balaban J connectivity index is 2.17. The first-order chi connectivity index (χ1) is 9.60. The molecule has 0 atom stereocenters. The Bertz CT molecular complexity index is 745. The van der Waals surface area contributed by atoms with Crippen LogP contribution in [0.3, 0.4) is 0 Å². The summed E-state index contributed by atoms with van der Waals surface area (Å²) in [5, 5.41) is 0.439. The van der Waals surface area contributed by atoms with Crippen molar-refractivity contribution in [1.82, 2.24) is 9.97 Å². The van der Waals surface area contributed by atoms with E-state index in [1.54, 1.807) is 12.1 Å². The lowest BCUT2D eigenvalue weighted by Crippen LogP contribution is -2.16. The molecule has 2 aromatic rings. The standard InChI is InChI=1S/C13H10ClIN2O3/c1-2-8-10(15)13(18)17-12(16-8)6-3-7(14)11-9(4-6)19-5-20-11/h3-4H,2,5H2,1H3,(H,16,17,18). The zero-order valence-electron chi connectivity index (χ0n) is 10.5. The van der Waals surface area contributed by atoms with Crippen molar-refractivity contribution in [2.24, 2.45) is 0 Å². The predicted molar refractivity (Wildman–Crippen MR) is 83.5 cm³/mol. The second kappa shape index (κ2) is 5.25. The Labute approximate surface area is 133 Å². The van der Waals surface area contributed by atoms with Gasteiger partial charge in [0.1, 0.15) is 5.82 Å². The van der Waals surface area contributed by atoms with E-state index in [1.807, 2.05) is 29.5 Å². The van der Waals surface area contributed by atoms with Crippen LogP contribution in [-0.2, 0) is 6.42 Å². The molecule has 0 fully saturated rings. The molecule has 0 aliphatic carbocycles. The predicted octanol–water partition coefficient (Wildman–Crippen LogP) is 2.99. The van der Waals surface area contributed by atoms with Gasteiger partial charge in [-0.05, 0) is 41.1 Å². The van der Waals surface area contributed by atoms with Crippen LogP contribution in [0.4, 0.5) is 0 Å². The normalized spacial score (nSPS) is 12.8. The highest BCUT2D eigenvalue weighted by atomic mass is 127. The molecule has 0 bridgehead atoms. The Morgan fingerprint density at radius 1 is 1.45 bits per heavy atom. The molecular formula is C13H10ClIN2O3. The molecule has 0 amide bonds. The fraction of sp³-hybridized carbons (Fsp3) is 0.231. The van der Waals surface area contributed by atoms with Crippen molar-refractivity contribution >= 4 is 34.2 Å². The molecule has 1 N–H and O–H groups in total. The van der Waals surface area contributed by atoms with E-state index in [0.29, 0.717) is 37.9 Å². The zero-order valence-corrected chi connectivity index (χ0v) is 13.4. The highest BCUT2D eigenvalue weighted by molar-refractivity contribution is 14.1. The highest BCUT2D eigenvalue weighted by Crippen LogP contribution is 2.41. The van der Waals surface area contributed by atoms with E-state index in [1.165, 1.54) is 0 Å². The van der Waals surface area contributed by atoms with Crippen LogP contribution in [0.25, 0.3) is 11.4 Å². The number of H-pyrrole nitrogens is 1. The molecule has 2 heterocycles. The molecule has 0 saturated heterocycles. The van der Waals surface area contributed by atoms with Crippen LogP contribution in [0.5, 0.6) is 11.5 Å². The van der Waals surface area contributed by atoms with Gasteiger partial charge < -0.3 is 14.5 Å². The van der Waals surface area contributed by atoms with Gasteiger partial charge >= 0.3 is 0 Å². The van der Waals surface area contributed by atoms with Crippen LogP contribution in [0.15, 0.2) is 16.9 Å². The van der Waals surface area contributed by atoms with Crippen LogP contribution in [0.1, 0.15) is 12.6 Å². The molecule has 0 radical (unpaired) electrons. The zero-order chi connectivity index (χ0) is 14.3. The monoisotopic (exact) mass is 404 g/mol. The van der Waals surface area contributed by atoms with Crippen LogP contribution in [-0.4, -0.2) is 16.8 Å². The minimum atomic E-state index is -0.152. The lowest BCUT2D eigenvalue weighted by molar-refractivity contribution is 0.174. The Morgan fingerprint density at radius 3 is 3.00 bits per heavy atom. The third-order valence-electron chi connectivity index (χ3n) is 2.97. The maximum absolute atomic E-state index is 11.9. The second-order valence-corrected chi connectivity index (χ2v) is 5.71. The van der Waals surface area contributed by atoms with E-state index in [4.69, 9.17) is 21.1 Å². The lowest BCUT2D eigenvalue weighted by atomic mass is 10.2. The molecule has 20 heavy (non-hydrogen) atoms. The summed E-state index contributed by atoms with van der Waals surface area (Å²) in [6.45, 7) is 2.11. The number of aromatic nitrogens is 2. The first kappa shape index (κ1) is 13.7. The second-order valence-electron chi connectivity index (χ2n) is 4.22. The first-order valence-electron chi connectivity index (χ1n) is 5.98. The Hall–Kier alpha value is -1.28. The molecule has 1 aromatic carbocycles. The van der Waals surface area contributed by atoms with Gasteiger partial charge in [0.25, 0.3) is 5.56 Å². The van der Waals surface area contributed by atoms with Crippen LogP contribution in [0, 0.1) is 3.57 Å². The summed E-state index contributed by atoms with van der Waals surface area (Å²) in [6.07, 6.45) is 0.688. The first-order valence-corrected chi connectivity index (χ1v) is 7.44. The summed E-state index contributed by atoms with van der Waals surface area (Å²) in [6, 6.07) is 3.47. The third-order valence-corrected chi connectivity index (χ3v) is 4.36. The van der Waals surface area contributed by atoms with Crippen molar-refractivity contribution in [2.75, 3.05) is 6.79 Å².